The molecule has 0 radical (unpaired) electrons. The number of likely N-dealkylation sites (N-methyl/N-ethyl adjacent to an activating group) is 1. The van der Waals surface area contributed by atoms with Crippen LogP contribution >= 0.6 is 0 Å². The van der Waals surface area contributed by atoms with Crippen LogP contribution in [0.25, 0.3) is 0 Å². The minimum absolute atomic E-state index is 0.173. The standard InChI is InChI=1S/C14H30N2O4/c1-2-15-4-9-18-11-6-16(3-8-17)7-12-20-14-13-19-10-5-15/h17H,2-14H2,1H3. The first-order valence-corrected chi connectivity index (χ1v) is 7.65. The van der Waals surface area contributed by atoms with Crippen molar-refractivity contribution in [2.24, 2.45) is 0 Å². The lowest BCUT2D eigenvalue weighted by Gasteiger charge is -2.22. The van der Waals surface area contributed by atoms with E-state index in [-0.39, 0.29) is 6.61 Å². The largest absolute Gasteiger partial charge is 0.395 e. The van der Waals surface area contributed by atoms with Gasteiger partial charge >= 0.3 is 0 Å². The van der Waals surface area contributed by atoms with Gasteiger partial charge in [0.05, 0.1) is 46.2 Å². The van der Waals surface area contributed by atoms with Crippen LogP contribution in [0.2, 0.25) is 0 Å². The second-order valence-electron chi connectivity index (χ2n) is 4.84. The zero-order valence-corrected chi connectivity index (χ0v) is 12.8. The van der Waals surface area contributed by atoms with Crippen molar-refractivity contribution in [3.8, 4) is 0 Å². The van der Waals surface area contributed by atoms with Crippen molar-refractivity contribution in [1.82, 2.24) is 9.80 Å². The zero-order valence-electron chi connectivity index (χ0n) is 12.8. The summed E-state index contributed by atoms with van der Waals surface area (Å²) >= 11 is 0. The van der Waals surface area contributed by atoms with Gasteiger partial charge in [-0.1, -0.05) is 6.92 Å². The molecule has 0 spiro atoms. The van der Waals surface area contributed by atoms with Gasteiger partial charge in [-0.3, -0.25) is 9.80 Å². The highest BCUT2D eigenvalue weighted by Crippen LogP contribution is 1.93. The second kappa shape index (κ2) is 12.5. The molecule has 0 aromatic carbocycles. The lowest BCUT2D eigenvalue weighted by Crippen LogP contribution is -2.34. The Morgan fingerprint density at radius 2 is 1.20 bits per heavy atom. The molecule has 0 aliphatic carbocycles. The molecule has 0 aromatic heterocycles. The first-order valence-electron chi connectivity index (χ1n) is 7.65. The van der Waals surface area contributed by atoms with Crippen LogP contribution in [0, 0.1) is 0 Å². The maximum Gasteiger partial charge on any atom is 0.0701 e. The molecule has 1 aliphatic heterocycles. The molecule has 20 heavy (non-hydrogen) atoms. The summed E-state index contributed by atoms with van der Waals surface area (Å²) < 4.78 is 16.8. The van der Waals surface area contributed by atoms with Crippen LogP contribution in [0.5, 0.6) is 0 Å². The van der Waals surface area contributed by atoms with E-state index in [1.54, 1.807) is 0 Å². The summed E-state index contributed by atoms with van der Waals surface area (Å²) in [6.45, 7) is 11.7. The molecule has 0 atom stereocenters. The average molecular weight is 290 g/mol. The second-order valence-corrected chi connectivity index (χ2v) is 4.84. The molecule has 1 aliphatic rings. The Morgan fingerprint density at radius 3 is 1.65 bits per heavy atom. The fraction of sp³-hybridized carbons (Fsp3) is 1.00. The summed E-state index contributed by atoms with van der Waals surface area (Å²) in [6.07, 6.45) is 0. The van der Waals surface area contributed by atoms with Crippen LogP contribution in [0.1, 0.15) is 6.92 Å². The average Bonchev–Trinajstić information content (AvgIpc) is 2.47. The third kappa shape index (κ3) is 8.84. The van der Waals surface area contributed by atoms with Gasteiger partial charge in [0.25, 0.3) is 0 Å². The fourth-order valence-electron chi connectivity index (χ4n) is 2.10. The molecule has 0 bridgehead atoms. The van der Waals surface area contributed by atoms with Crippen LogP contribution in [-0.2, 0) is 14.2 Å². The van der Waals surface area contributed by atoms with E-state index in [9.17, 15) is 0 Å². The lowest BCUT2D eigenvalue weighted by molar-refractivity contribution is 0.0313. The predicted molar refractivity (Wildman–Crippen MR) is 78.1 cm³/mol. The van der Waals surface area contributed by atoms with E-state index in [1.807, 2.05) is 0 Å². The van der Waals surface area contributed by atoms with Gasteiger partial charge in [0.15, 0.2) is 0 Å². The lowest BCUT2D eigenvalue weighted by atomic mass is 10.4. The number of nitrogens with zero attached hydrogens (tertiary/aromatic N) is 2. The number of ether oxygens (including phenoxy) is 3. The van der Waals surface area contributed by atoms with Gasteiger partial charge in [0.2, 0.25) is 0 Å². The van der Waals surface area contributed by atoms with Crippen LogP contribution < -0.4 is 0 Å². The summed E-state index contributed by atoms with van der Waals surface area (Å²) in [5.41, 5.74) is 0. The Morgan fingerprint density at radius 1 is 0.750 bits per heavy atom. The van der Waals surface area contributed by atoms with E-state index in [2.05, 4.69) is 16.7 Å². The van der Waals surface area contributed by atoms with Crippen LogP contribution in [0.3, 0.4) is 0 Å². The van der Waals surface area contributed by atoms with Crippen molar-refractivity contribution in [3.63, 3.8) is 0 Å². The molecule has 0 saturated carbocycles. The highest BCUT2D eigenvalue weighted by atomic mass is 16.5. The van der Waals surface area contributed by atoms with Crippen molar-refractivity contribution >= 4 is 0 Å². The number of β-amino-alcohol motifs (C(OH)–C–C–N with tert-alkyl or cyclic N) is 1. The molecule has 0 unspecified atom stereocenters. The summed E-state index contributed by atoms with van der Waals surface area (Å²) in [5, 5.41) is 9.04. The normalized spacial score (nSPS) is 23.1. The van der Waals surface area contributed by atoms with E-state index in [4.69, 9.17) is 19.3 Å². The third-order valence-corrected chi connectivity index (χ3v) is 3.44. The monoisotopic (exact) mass is 290 g/mol. The number of rotatable bonds is 3. The van der Waals surface area contributed by atoms with Gasteiger partial charge < -0.3 is 19.3 Å². The Bertz CT molecular complexity index is 219. The van der Waals surface area contributed by atoms with Crippen molar-refractivity contribution in [2.75, 3.05) is 85.5 Å². The van der Waals surface area contributed by atoms with Crippen molar-refractivity contribution in [1.29, 1.82) is 0 Å². The molecular weight excluding hydrogens is 260 g/mol. The SMILES string of the molecule is CCN1CCOCCOCCN(CCO)CCOCC1. The zero-order chi connectivity index (χ0) is 14.5. The molecule has 0 amide bonds. The summed E-state index contributed by atoms with van der Waals surface area (Å²) in [6, 6.07) is 0. The molecule has 6 nitrogen and oxygen atoms in total. The summed E-state index contributed by atoms with van der Waals surface area (Å²) in [5.74, 6) is 0. The molecule has 0 aromatic rings. The van der Waals surface area contributed by atoms with E-state index in [0.717, 1.165) is 45.9 Å². The van der Waals surface area contributed by atoms with Crippen molar-refractivity contribution < 1.29 is 19.3 Å². The first kappa shape index (κ1) is 17.8. The Labute approximate surface area is 122 Å². The summed E-state index contributed by atoms with van der Waals surface area (Å²) in [7, 11) is 0. The number of hydrogen-bond acceptors (Lipinski definition) is 6. The molecule has 1 heterocycles. The molecule has 1 rings (SSSR count). The Hall–Kier alpha value is -0.240. The Kier molecular flexibility index (Phi) is 11.1. The number of aliphatic hydroxyl groups excluding tert-OH is 1. The van der Waals surface area contributed by atoms with E-state index in [1.165, 1.54) is 0 Å². The van der Waals surface area contributed by atoms with Crippen molar-refractivity contribution in [2.45, 2.75) is 6.92 Å². The molecule has 1 N–H and O–H groups in total. The molecular formula is C14H30N2O4. The first-order chi connectivity index (χ1) is 9.86. The Balaban J connectivity index is 2.31. The molecule has 6 heteroatoms. The number of aliphatic hydroxyl groups is 1. The smallest absolute Gasteiger partial charge is 0.0701 e. The van der Waals surface area contributed by atoms with E-state index >= 15 is 0 Å². The molecule has 120 valence electrons. The quantitative estimate of drug-likeness (QED) is 0.768. The minimum Gasteiger partial charge on any atom is -0.395 e. The van der Waals surface area contributed by atoms with Crippen molar-refractivity contribution in [3.05, 3.63) is 0 Å². The predicted octanol–water partition coefficient (Wildman–Crippen LogP) is -0.334. The van der Waals surface area contributed by atoms with Gasteiger partial charge in [-0.25, -0.2) is 0 Å². The van der Waals surface area contributed by atoms with Gasteiger partial charge in [0.1, 0.15) is 0 Å². The third-order valence-electron chi connectivity index (χ3n) is 3.44. The van der Waals surface area contributed by atoms with Gasteiger partial charge in [0, 0.05) is 32.7 Å². The maximum absolute atomic E-state index is 9.04. The van der Waals surface area contributed by atoms with E-state index in [0.29, 0.717) is 33.0 Å². The summed E-state index contributed by atoms with van der Waals surface area (Å²) in [4.78, 5) is 4.49. The van der Waals surface area contributed by atoms with Gasteiger partial charge in [-0.15, -0.1) is 0 Å². The fourth-order valence-corrected chi connectivity index (χ4v) is 2.10. The highest BCUT2D eigenvalue weighted by Gasteiger charge is 2.06. The van der Waals surface area contributed by atoms with Crippen LogP contribution in [0.4, 0.5) is 0 Å². The number of hydrogen-bond donors (Lipinski definition) is 1. The highest BCUT2D eigenvalue weighted by molar-refractivity contribution is 4.58. The van der Waals surface area contributed by atoms with Gasteiger partial charge in [-0.2, -0.15) is 0 Å². The minimum atomic E-state index is 0.173. The topological polar surface area (TPSA) is 54.4 Å². The maximum atomic E-state index is 9.04. The molecule has 1 fully saturated rings. The molecule has 1 saturated heterocycles. The van der Waals surface area contributed by atoms with Crippen LogP contribution in [0.15, 0.2) is 0 Å². The van der Waals surface area contributed by atoms with Gasteiger partial charge in [-0.05, 0) is 6.54 Å². The van der Waals surface area contributed by atoms with E-state index < -0.39 is 0 Å². The van der Waals surface area contributed by atoms with Crippen LogP contribution in [-0.4, -0.2) is 100 Å².